The van der Waals surface area contributed by atoms with Crippen LogP contribution in [0.4, 0.5) is 0 Å². The van der Waals surface area contributed by atoms with Crippen LogP contribution in [0.3, 0.4) is 0 Å². The van der Waals surface area contributed by atoms with Gasteiger partial charge in [-0.15, -0.1) is 6.42 Å². The molecule has 0 spiro atoms. The van der Waals surface area contributed by atoms with Crippen LogP contribution in [0.15, 0.2) is 30.3 Å². The molecule has 0 N–H and O–H groups in total. The third-order valence-electron chi connectivity index (χ3n) is 1.46. The maximum absolute atomic E-state index is 5.51. The monoisotopic (exact) mass is 220 g/mol. The lowest BCUT2D eigenvalue weighted by molar-refractivity contribution is 0.172. The molecule has 1 aromatic carbocycles. The minimum atomic E-state index is -0.526. The van der Waals surface area contributed by atoms with Gasteiger partial charge in [0.1, 0.15) is 5.75 Å². The molecular formula is C15H24O. The molecule has 0 atom stereocenters. The molecule has 1 aromatic rings. The fourth-order valence-corrected chi connectivity index (χ4v) is 0.813. The molecule has 0 fully saturated rings. The van der Waals surface area contributed by atoms with E-state index in [1.54, 1.807) is 0 Å². The van der Waals surface area contributed by atoms with Crippen molar-refractivity contribution >= 4 is 0 Å². The van der Waals surface area contributed by atoms with Crippen molar-refractivity contribution in [2.24, 2.45) is 0 Å². The van der Waals surface area contributed by atoms with Gasteiger partial charge in [0.15, 0.2) is 5.60 Å². The van der Waals surface area contributed by atoms with Crippen molar-refractivity contribution in [2.75, 3.05) is 0 Å². The molecule has 1 nitrogen and oxygen atoms in total. The molecule has 0 saturated carbocycles. The van der Waals surface area contributed by atoms with Crippen molar-refractivity contribution in [1.82, 2.24) is 0 Å². The lowest BCUT2D eigenvalue weighted by Crippen LogP contribution is -2.25. The Morgan fingerprint density at radius 1 is 1.00 bits per heavy atom. The van der Waals surface area contributed by atoms with Gasteiger partial charge in [-0.05, 0) is 26.0 Å². The van der Waals surface area contributed by atoms with Gasteiger partial charge >= 0.3 is 0 Å². The fraction of sp³-hybridized carbons (Fsp3) is 0.467. The molecule has 1 rings (SSSR count). The largest absolute Gasteiger partial charge is 0.475 e. The molecule has 0 aliphatic carbocycles. The van der Waals surface area contributed by atoms with E-state index in [9.17, 15) is 0 Å². The average Bonchev–Trinajstić information content (AvgIpc) is 2.35. The minimum absolute atomic E-state index is 0.526. The molecular weight excluding hydrogens is 196 g/mol. The molecule has 16 heavy (non-hydrogen) atoms. The fourth-order valence-electron chi connectivity index (χ4n) is 0.813. The van der Waals surface area contributed by atoms with E-state index in [-0.39, 0.29) is 0 Å². The molecule has 90 valence electrons. The molecule has 0 aliphatic rings. The normalized spacial score (nSPS) is 8.56. The Morgan fingerprint density at radius 3 is 1.81 bits per heavy atom. The first-order chi connectivity index (χ1) is 7.64. The Bertz CT molecular complexity index is 280. The summed E-state index contributed by atoms with van der Waals surface area (Å²) >= 11 is 0. The maximum Gasteiger partial charge on any atom is 0.163 e. The van der Waals surface area contributed by atoms with Crippen LogP contribution < -0.4 is 4.74 Å². The van der Waals surface area contributed by atoms with E-state index in [0.717, 1.165) is 5.75 Å². The highest BCUT2D eigenvalue weighted by atomic mass is 16.5. The third kappa shape index (κ3) is 7.94. The van der Waals surface area contributed by atoms with Crippen LogP contribution in [0, 0.1) is 12.3 Å². The summed E-state index contributed by atoms with van der Waals surface area (Å²) in [5.41, 5.74) is -0.526. The topological polar surface area (TPSA) is 9.23 Å². The molecule has 0 aliphatic heterocycles. The summed E-state index contributed by atoms with van der Waals surface area (Å²) in [5, 5.41) is 0. The highest BCUT2D eigenvalue weighted by Crippen LogP contribution is 2.16. The highest BCUT2D eigenvalue weighted by Gasteiger charge is 2.14. The quantitative estimate of drug-likeness (QED) is 0.665. The Balaban J connectivity index is 0. The van der Waals surface area contributed by atoms with Gasteiger partial charge < -0.3 is 4.74 Å². The van der Waals surface area contributed by atoms with Gasteiger partial charge in [0.2, 0.25) is 0 Å². The molecule has 0 amide bonds. The molecule has 0 unspecified atom stereocenters. The van der Waals surface area contributed by atoms with Gasteiger partial charge in [-0.25, -0.2) is 0 Å². The molecule has 1 heteroatoms. The van der Waals surface area contributed by atoms with Gasteiger partial charge in [0, 0.05) is 0 Å². The van der Waals surface area contributed by atoms with Crippen molar-refractivity contribution in [3.8, 4) is 18.1 Å². The van der Waals surface area contributed by atoms with E-state index in [0.29, 0.717) is 0 Å². The summed E-state index contributed by atoms with van der Waals surface area (Å²) in [5.74, 6) is 3.37. The van der Waals surface area contributed by atoms with Gasteiger partial charge in [0.25, 0.3) is 0 Å². The lowest BCUT2D eigenvalue weighted by Gasteiger charge is -2.19. The summed E-state index contributed by atoms with van der Waals surface area (Å²) in [4.78, 5) is 0. The lowest BCUT2D eigenvalue weighted by atomic mass is 10.1. The molecule has 0 aromatic heterocycles. The number of benzene rings is 1. The minimum Gasteiger partial charge on any atom is -0.475 e. The first-order valence-corrected chi connectivity index (χ1v) is 5.86. The SMILES string of the molecule is C#CC(C)(C)Oc1ccccc1.CC.CC. The standard InChI is InChI=1S/C11H12O.2C2H6/c1-4-11(2,3)12-10-8-6-5-7-9-10;2*1-2/h1,5-9H,2-3H3;2*1-2H3. The van der Waals surface area contributed by atoms with Crippen molar-refractivity contribution in [3.05, 3.63) is 30.3 Å². The van der Waals surface area contributed by atoms with E-state index in [1.165, 1.54) is 0 Å². The average molecular weight is 220 g/mol. The number of para-hydroxylation sites is 1. The smallest absolute Gasteiger partial charge is 0.163 e. The van der Waals surface area contributed by atoms with E-state index in [2.05, 4.69) is 5.92 Å². The summed E-state index contributed by atoms with van der Waals surface area (Å²) in [6, 6.07) is 9.55. The summed E-state index contributed by atoms with van der Waals surface area (Å²) in [6.45, 7) is 11.7. The maximum atomic E-state index is 5.51. The van der Waals surface area contributed by atoms with E-state index in [4.69, 9.17) is 11.2 Å². The van der Waals surface area contributed by atoms with Crippen LogP contribution in [0.25, 0.3) is 0 Å². The second-order valence-corrected chi connectivity index (χ2v) is 3.07. The second kappa shape index (κ2) is 10.1. The van der Waals surface area contributed by atoms with Crippen LogP contribution in [-0.2, 0) is 0 Å². The molecule has 0 bridgehead atoms. The first kappa shape index (κ1) is 17.0. The number of rotatable bonds is 2. The number of terminal acetylenes is 1. The summed E-state index contributed by atoms with van der Waals surface area (Å²) in [6.07, 6.45) is 5.28. The van der Waals surface area contributed by atoms with E-state index in [1.807, 2.05) is 71.9 Å². The summed E-state index contributed by atoms with van der Waals surface area (Å²) in [7, 11) is 0. The van der Waals surface area contributed by atoms with Gasteiger partial charge in [0.05, 0.1) is 0 Å². The number of ether oxygens (including phenoxy) is 1. The highest BCUT2D eigenvalue weighted by molar-refractivity contribution is 5.23. The van der Waals surface area contributed by atoms with E-state index >= 15 is 0 Å². The zero-order valence-corrected chi connectivity index (χ0v) is 11.4. The van der Waals surface area contributed by atoms with Crippen LogP contribution in [-0.4, -0.2) is 5.60 Å². The Labute approximate surface area is 101 Å². The van der Waals surface area contributed by atoms with Crippen molar-refractivity contribution in [3.63, 3.8) is 0 Å². The van der Waals surface area contributed by atoms with Crippen LogP contribution in [0.5, 0.6) is 5.75 Å². The van der Waals surface area contributed by atoms with E-state index < -0.39 is 5.60 Å². The number of hydrogen-bond donors (Lipinski definition) is 0. The Kier molecular flexibility index (Phi) is 10.7. The van der Waals surface area contributed by atoms with Gasteiger partial charge in [-0.2, -0.15) is 0 Å². The third-order valence-corrected chi connectivity index (χ3v) is 1.46. The molecule has 0 heterocycles. The van der Waals surface area contributed by atoms with Crippen LogP contribution >= 0.6 is 0 Å². The Hall–Kier alpha value is -1.42. The van der Waals surface area contributed by atoms with Gasteiger partial charge in [-0.1, -0.05) is 51.8 Å². The van der Waals surface area contributed by atoms with Crippen LogP contribution in [0.1, 0.15) is 41.5 Å². The van der Waals surface area contributed by atoms with Crippen molar-refractivity contribution in [2.45, 2.75) is 47.1 Å². The number of hydrogen-bond acceptors (Lipinski definition) is 1. The molecule has 0 radical (unpaired) electrons. The van der Waals surface area contributed by atoms with Crippen molar-refractivity contribution in [1.29, 1.82) is 0 Å². The zero-order chi connectivity index (χ0) is 13.0. The van der Waals surface area contributed by atoms with Gasteiger partial charge in [-0.3, -0.25) is 0 Å². The summed E-state index contributed by atoms with van der Waals surface area (Å²) < 4.78 is 5.51. The van der Waals surface area contributed by atoms with Crippen molar-refractivity contribution < 1.29 is 4.74 Å². The predicted molar refractivity (Wildman–Crippen MR) is 72.7 cm³/mol. The molecule has 0 saturated heterocycles. The first-order valence-electron chi connectivity index (χ1n) is 5.86. The predicted octanol–water partition coefficient (Wildman–Crippen LogP) is 4.53. The second-order valence-electron chi connectivity index (χ2n) is 3.07. The van der Waals surface area contributed by atoms with Crippen LogP contribution in [0.2, 0.25) is 0 Å². The Morgan fingerprint density at radius 2 is 1.44 bits per heavy atom. The zero-order valence-electron chi connectivity index (χ0n) is 11.4.